The summed E-state index contributed by atoms with van der Waals surface area (Å²) < 4.78 is 12.6. The molecule has 2 aromatic heterocycles. The molecule has 4 heteroatoms. The fourth-order valence-electron chi connectivity index (χ4n) is 8.69. The molecule has 0 bridgehead atoms. The van der Waals surface area contributed by atoms with Crippen molar-refractivity contribution >= 4 is 50.1 Å². The van der Waals surface area contributed by atoms with Crippen molar-refractivity contribution in [3.63, 3.8) is 0 Å². The van der Waals surface area contributed by atoms with E-state index in [2.05, 4.69) is 164 Å². The molecule has 0 atom stereocenters. The molecule has 1 aliphatic rings. The third-order valence-corrected chi connectivity index (χ3v) is 11.5. The predicted octanol–water partition coefficient (Wildman–Crippen LogP) is 14.5. The van der Waals surface area contributed by atoms with Crippen molar-refractivity contribution in [3.8, 4) is 44.8 Å². The summed E-state index contributed by atoms with van der Waals surface area (Å²) >= 11 is 0. The van der Waals surface area contributed by atoms with Crippen LogP contribution in [0.1, 0.15) is 25.0 Å². The van der Waals surface area contributed by atoms with Gasteiger partial charge in [0, 0.05) is 44.8 Å². The summed E-state index contributed by atoms with van der Waals surface area (Å²) in [6.07, 6.45) is 0. The maximum Gasteiger partial charge on any atom is 0.227 e. The van der Waals surface area contributed by atoms with E-state index in [4.69, 9.17) is 13.8 Å². The Kier molecular flexibility index (Phi) is 7.17. The molecule has 56 heavy (non-hydrogen) atoms. The van der Waals surface area contributed by atoms with Gasteiger partial charge in [-0.05, 0) is 99.6 Å². The summed E-state index contributed by atoms with van der Waals surface area (Å²) in [6.45, 7) is 4.68. The lowest BCUT2D eigenvalue weighted by Gasteiger charge is -2.29. The first kappa shape index (κ1) is 32.3. The van der Waals surface area contributed by atoms with Crippen molar-refractivity contribution in [2.75, 3.05) is 4.90 Å². The highest BCUT2D eigenvalue weighted by Gasteiger charge is 2.37. The summed E-state index contributed by atoms with van der Waals surface area (Å²) in [5, 5.41) is 2.05. The molecule has 0 N–H and O–H groups in total. The molecule has 2 heterocycles. The van der Waals surface area contributed by atoms with E-state index in [1.165, 1.54) is 39.1 Å². The third-order valence-electron chi connectivity index (χ3n) is 11.5. The fraction of sp³-hybridized carbons (Fsp3) is 0.0577. The minimum atomic E-state index is -0.108. The molecule has 0 saturated heterocycles. The van der Waals surface area contributed by atoms with Crippen LogP contribution in [0.2, 0.25) is 0 Å². The zero-order chi connectivity index (χ0) is 37.4. The van der Waals surface area contributed by atoms with Crippen molar-refractivity contribution < 1.29 is 8.83 Å². The van der Waals surface area contributed by atoms with Crippen molar-refractivity contribution in [2.24, 2.45) is 0 Å². The van der Waals surface area contributed by atoms with Crippen molar-refractivity contribution in [3.05, 3.63) is 193 Å². The van der Waals surface area contributed by atoms with E-state index in [-0.39, 0.29) is 5.41 Å². The van der Waals surface area contributed by atoms with Gasteiger partial charge in [-0.2, -0.15) is 0 Å². The standard InChI is InChI=1S/C52H36N2O2/c1-52(2)43-20-10-9-19-40(43)50-44(52)21-12-22-46(50)54(39-18-11-17-36(29-39)33-13-5-3-6-14-33)38-26-23-34(24-27-38)37-25-28-47-41(30-37)42-31-49-45(32-48(42)55-47)53-51(56-49)35-15-7-4-8-16-35/h3-32H,1-2H3. The van der Waals surface area contributed by atoms with Gasteiger partial charge in [-0.15, -0.1) is 0 Å². The predicted molar refractivity (Wildman–Crippen MR) is 230 cm³/mol. The summed E-state index contributed by atoms with van der Waals surface area (Å²) in [6, 6.07) is 64.6. The highest BCUT2D eigenvalue weighted by molar-refractivity contribution is 6.10. The molecule has 10 aromatic rings. The van der Waals surface area contributed by atoms with E-state index < -0.39 is 0 Å². The van der Waals surface area contributed by atoms with Gasteiger partial charge >= 0.3 is 0 Å². The average Bonchev–Trinajstić information content (AvgIpc) is 3.90. The lowest BCUT2D eigenvalue weighted by Crippen LogP contribution is -2.16. The number of oxazole rings is 1. The number of hydrogen-bond acceptors (Lipinski definition) is 4. The number of fused-ring (bicyclic) bond motifs is 7. The first-order valence-electron chi connectivity index (χ1n) is 19.1. The highest BCUT2D eigenvalue weighted by Crippen LogP contribution is 2.54. The minimum Gasteiger partial charge on any atom is -0.456 e. The highest BCUT2D eigenvalue weighted by atomic mass is 16.4. The summed E-state index contributed by atoms with van der Waals surface area (Å²) in [5.41, 5.74) is 17.2. The van der Waals surface area contributed by atoms with Crippen molar-refractivity contribution in [1.29, 1.82) is 0 Å². The van der Waals surface area contributed by atoms with Gasteiger partial charge in [0.05, 0.1) is 5.69 Å². The number of benzene rings is 8. The number of nitrogens with zero attached hydrogens (tertiary/aromatic N) is 2. The first-order valence-corrected chi connectivity index (χ1v) is 19.1. The Labute approximate surface area is 324 Å². The van der Waals surface area contributed by atoms with Crippen LogP contribution in [0.3, 0.4) is 0 Å². The Morgan fingerprint density at radius 1 is 0.446 bits per heavy atom. The minimum absolute atomic E-state index is 0.108. The number of furan rings is 1. The van der Waals surface area contributed by atoms with E-state index in [0.29, 0.717) is 5.89 Å². The van der Waals surface area contributed by atoms with Crippen molar-refractivity contribution in [2.45, 2.75) is 19.3 Å². The van der Waals surface area contributed by atoms with Gasteiger partial charge in [0.15, 0.2) is 5.58 Å². The quantitative estimate of drug-likeness (QED) is 0.171. The van der Waals surface area contributed by atoms with Crippen LogP contribution in [0, 0.1) is 0 Å². The SMILES string of the molecule is CC1(C)c2ccccc2-c2c(N(c3ccc(-c4ccc5oc6cc7nc(-c8ccccc8)oc7cc6c5c4)cc3)c3cccc(-c4ccccc4)c3)cccc21. The van der Waals surface area contributed by atoms with Crippen LogP contribution < -0.4 is 4.90 Å². The summed E-state index contributed by atoms with van der Waals surface area (Å²) in [4.78, 5) is 7.18. The van der Waals surface area contributed by atoms with Crippen LogP contribution in [0.5, 0.6) is 0 Å². The molecule has 11 rings (SSSR count). The first-order chi connectivity index (χ1) is 27.5. The Hall–Kier alpha value is -7.17. The fourth-order valence-corrected chi connectivity index (χ4v) is 8.69. The molecule has 0 spiro atoms. The van der Waals surface area contributed by atoms with E-state index >= 15 is 0 Å². The van der Waals surface area contributed by atoms with Crippen LogP contribution in [0.15, 0.2) is 191 Å². The number of rotatable bonds is 6. The topological polar surface area (TPSA) is 42.4 Å². The second-order valence-corrected chi connectivity index (χ2v) is 15.2. The van der Waals surface area contributed by atoms with Crippen molar-refractivity contribution in [1.82, 2.24) is 4.98 Å². The van der Waals surface area contributed by atoms with Gasteiger partial charge in [0.25, 0.3) is 0 Å². The second kappa shape index (κ2) is 12.4. The van der Waals surface area contributed by atoms with Crippen LogP contribution in [0.25, 0.3) is 77.9 Å². The second-order valence-electron chi connectivity index (χ2n) is 15.2. The lowest BCUT2D eigenvalue weighted by atomic mass is 9.82. The van der Waals surface area contributed by atoms with Crippen LogP contribution in [0.4, 0.5) is 17.1 Å². The van der Waals surface area contributed by atoms with E-state index in [0.717, 1.165) is 61.1 Å². The van der Waals surface area contributed by atoms with Crippen LogP contribution in [-0.4, -0.2) is 4.98 Å². The molecule has 0 amide bonds. The molecule has 0 unspecified atom stereocenters. The molecular weight excluding hydrogens is 685 g/mol. The molecule has 1 aliphatic carbocycles. The lowest BCUT2D eigenvalue weighted by molar-refractivity contribution is 0.620. The van der Waals surface area contributed by atoms with Gasteiger partial charge in [0.2, 0.25) is 5.89 Å². The molecule has 8 aromatic carbocycles. The Bertz CT molecular complexity index is 3100. The molecule has 266 valence electrons. The normalized spacial score (nSPS) is 13.0. The molecule has 4 nitrogen and oxygen atoms in total. The Balaban J connectivity index is 1.02. The zero-order valence-electron chi connectivity index (χ0n) is 31.0. The van der Waals surface area contributed by atoms with Crippen LogP contribution >= 0.6 is 0 Å². The smallest absolute Gasteiger partial charge is 0.227 e. The summed E-state index contributed by atoms with van der Waals surface area (Å²) in [5.74, 6) is 0.604. The number of anilines is 3. The van der Waals surface area contributed by atoms with Gasteiger partial charge in [0.1, 0.15) is 16.7 Å². The molecule has 0 fully saturated rings. The van der Waals surface area contributed by atoms with E-state index in [9.17, 15) is 0 Å². The molecule has 0 aliphatic heterocycles. The maximum atomic E-state index is 6.34. The summed E-state index contributed by atoms with van der Waals surface area (Å²) in [7, 11) is 0. The van der Waals surface area contributed by atoms with Gasteiger partial charge in [-0.3, -0.25) is 0 Å². The largest absolute Gasteiger partial charge is 0.456 e. The Morgan fingerprint density at radius 3 is 1.91 bits per heavy atom. The van der Waals surface area contributed by atoms with Gasteiger partial charge in [-0.1, -0.05) is 129 Å². The van der Waals surface area contributed by atoms with Gasteiger partial charge in [-0.25, -0.2) is 4.98 Å². The molecule has 0 radical (unpaired) electrons. The van der Waals surface area contributed by atoms with E-state index in [1.54, 1.807) is 0 Å². The third kappa shape index (κ3) is 5.10. The Morgan fingerprint density at radius 2 is 1.09 bits per heavy atom. The zero-order valence-corrected chi connectivity index (χ0v) is 31.0. The average molecular weight is 721 g/mol. The molecular formula is C52H36N2O2. The molecule has 0 saturated carbocycles. The monoisotopic (exact) mass is 720 g/mol. The number of aromatic nitrogens is 1. The van der Waals surface area contributed by atoms with Crippen LogP contribution in [-0.2, 0) is 5.41 Å². The number of hydrogen-bond donors (Lipinski definition) is 0. The van der Waals surface area contributed by atoms with Gasteiger partial charge < -0.3 is 13.7 Å². The van der Waals surface area contributed by atoms with E-state index in [1.807, 2.05) is 36.4 Å². The maximum absolute atomic E-state index is 6.34.